The van der Waals surface area contributed by atoms with E-state index in [-0.39, 0.29) is 5.78 Å². The fourth-order valence-corrected chi connectivity index (χ4v) is 0.614. The molecule has 0 spiro atoms. The lowest BCUT2D eigenvalue weighted by Crippen LogP contribution is -2.33. The Balaban J connectivity index is 3.94. The average Bonchev–Trinajstić information content (AvgIpc) is 2.10. The van der Waals surface area contributed by atoms with Crippen LogP contribution >= 0.6 is 0 Å². The molecule has 0 aliphatic heterocycles. The van der Waals surface area contributed by atoms with Gasteiger partial charge in [-0.25, -0.2) is 5.43 Å². The van der Waals surface area contributed by atoms with Crippen LogP contribution in [0.25, 0.3) is 0 Å². The lowest BCUT2D eigenvalue weighted by Gasteiger charge is -1.98. The Morgan fingerprint density at radius 3 is 2.21 bits per heavy atom. The normalized spacial score (nSPS) is 10.9. The summed E-state index contributed by atoms with van der Waals surface area (Å²) in [5.41, 5.74) is 7.20. The Bertz CT molecular complexity index is 284. The summed E-state index contributed by atoms with van der Waals surface area (Å²) < 4.78 is 0. The van der Waals surface area contributed by atoms with Gasteiger partial charge in [-0.3, -0.25) is 9.59 Å². The fraction of sp³-hybridized carbons (Fsp3) is 0.500. The van der Waals surface area contributed by atoms with Crippen molar-refractivity contribution < 1.29 is 14.4 Å². The predicted molar refractivity (Wildman–Crippen MR) is 50.4 cm³/mol. The third-order valence-corrected chi connectivity index (χ3v) is 1.41. The molecule has 0 atom stereocenters. The molecule has 0 aliphatic carbocycles. The maximum absolute atomic E-state index is 10.6. The van der Waals surface area contributed by atoms with E-state index in [0.29, 0.717) is 18.6 Å². The molecule has 14 heavy (non-hydrogen) atoms. The van der Waals surface area contributed by atoms with Crippen LogP contribution in [0.4, 0.5) is 0 Å². The quantitative estimate of drug-likeness (QED) is 0.356. The summed E-state index contributed by atoms with van der Waals surface area (Å²) in [7, 11) is 0. The van der Waals surface area contributed by atoms with Crippen LogP contribution in [0, 0.1) is 0 Å². The van der Waals surface area contributed by atoms with Crippen LogP contribution in [0.2, 0.25) is 0 Å². The molecule has 0 fully saturated rings. The smallest absolute Gasteiger partial charge is 0.329 e. The third kappa shape index (κ3) is 5.87. The van der Waals surface area contributed by atoms with Gasteiger partial charge in [-0.05, 0) is 20.3 Å². The number of carbonyl (C=O) groups excluding carboxylic acids is 3. The highest BCUT2D eigenvalue weighted by atomic mass is 16.2. The van der Waals surface area contributed by atoms with Crippen molar-refractivity contribution in [2.75, 3.05) is 0 Å². The molecule has 0 unspecified atom stereocenters. The summed E-state index contributed by atoms with van der Waals surface area (Å²) in [5.74, 6) is -2.01. The Morgan fingerprint density at radius 2 is 1.79 bits per heavy atom. The SMILES string of the molecule is CC(=O)CC/C(C)=N/NC(=O)C(N)=O. The van der Waals surface area contributed by atoms with Crippen molar-refractivity contribution in [2.45, 2.75) is 26.7 Å². The molecule has 0 aliphatic rings. The van der Waals surface area contributed by atoms with E-state index in [4.69, 9.17) is 0 Å². The van der Waals surface area contributed by atoms with Crippen LogP contribution < -0.4 is 11.2 Å². The zero-order chi connectivity index (χ0) is 11.1. The first-order valence-corrected chi connectivity index (χ1v) is 4.06. The second kappa shape index (κ2) is 5.85. The van der Waals surface area contributed by atoms with E-state index < -0.39 is 11.8 Å². The largest absolute Gasteiger partial charge is 0.361 e. The van der Waals surface area contributed by atoms with Gasteiger partial charge in [-0.2, -0.15) is 5.10 Å². The highest BCUT2D eigenvalue weighted by molar-refractivity contribution is 6.34. The van der Waals surface area contributed by atoms with Gasteiger partial charge in [0.15, 0.2) is 0 Å². The minimum absolute atomic E-state index is 0.0424. The Hall–Kier alpha value is -1.72. The van der Waals surface area contributed by atoms with Gasteiger partial charge < -0.3 is 10.5 Å². The molecular formula is C8H13N3O3. The molecular weight excluding hydrogens is 186 g/mol. The standard InChI is InChI=1S/C8H13N3O3/c1-5(3-4-6(2)12)10-11-8(14)7(9)13/h3-4H2,1-2H3,(H2,9,13)(H,11,14)/b10-5+. The van der Waals surface area contributed by atoms with Crippen LogP contribution in [-0.4, -0.2) is 23.3 Å². The van der Waals surface area contributed by atoms with Gasteiger partial charge in [0.05, 0.1) is 0 Å². The summed E-state index contributed by atoms with van der Waals surface area (Å²) >= 11 is 0. The summed E-state index contributed by atoms with van der Waals surface area (Å²) in [6.45, 7) is 3.11. The average molecular weight is 199 g/mol. The molecule has 0 bridgehead atoms. The van der Waals surface area contributed by atoms with Crippen molar-refractivity contribution in [3.8, 4) is 0 Å². The van der Waals surface area contributed by atoms with Crippen molar-refractivity contribution >= 4 is 23.3 Å². The van der Waals surface area contributed by atoms with Crippen LogP contribution in [0.5, 0.6) is 0 Å². The molecule has 0 aromatic carbocycles. The van der Waals surface area contributed by atoms with Crippen molar-refractivity contribution in [3.05, 3.63) is 0 Å². The molecule has 0 saturated carbocycles. The van der Waals surface area contributed by atoms with E-state index in [9.17, 15) is 14.4 Å². The van der Waals surface area contributed by atoms with E-state index in [1.54, 1.807) is 6.92 Å². The number of rotatable bonds is 4. The zero-order valence-electron chi connectivity index (χ0n) is 8.16. The minimum atomic E-state index is -1.09. The topological polar surface area (TPSA) is 102 Å². The molecule has 2 amide bonds. The second-order valence-electron chi connectivity index (χ2n) is 2.85. The van der Waals surface area contributed by atoms with E-state index in [2.05, 4.69) is 10.8 Å². The van der Waals surface area contributed by atoms with E-state index >= 15 is 0 Å². The molecule has 6 heteroatoms. The third-order valence-electron chi connectivity index (χ3n) is 1.41. The molecule has 0 aromatic heterocycles. The molecule has 0 saturated heterocycles. The Kier molecular flexibility index (Phi) is 5.13. The maximum atomic E-state index is 10.6. The number of nitrogens with zero attached hydrogens (tertiary/aromatic N) is 1. The fourth-order valence-electron chi connectivity index (χ4n) is 0.614. The summed E-state index contributed by atoms with van der Waals surface area (Å²) in [5, 5.41) is 3.58. The lowest BCUT2D eigenvalue weighted by molar-refractivity contribution is -0.137. The number of nitrogens with two attached hydrogens (primary N) is 1. The summed E-state index contributed by atoms with van der Waals surface area (Å²) in [6, 6.07) is 0. The summed E-state index contributed by atoms with van der Waals surface area (Å²) in [4.78, 5) is 31.5. The first-order valence-electron chi connectivity index (χ1n) is 4.06. The second-order valence-corrected chi connectivity index (χ2v) is 2.85. The number of hydrogen-bond donors (Lipinski definition) is 2. The number of Topliss-reactive ketones (excluding diaryl/α,β-unsaturated/α-hetero) is 1. The van der Waals surface area contributed by atoms with E-state index in [1.165, 1.54) is 6.92 Å². The van der Waals surface area contributed by atoms with Gasteiger partial charge in [0.1, 0.15) is 5.78 Å². The van der Waals surface area contributed by atoms with Crippen LogP contribution in [0.1, 0.15) is 26.7 Å². The van der Waals surface area contributed by atoms with Crippen LogP contribution in [-0.2, 0) is 14.4 Å². The maximum Gasteiger partial charge on any atom is 0.329 e. The number of amides is 2. The molecule has 0 aromatic rings. The van der Waals surface area contributed by atoms with E-state index in [0.717, 1.165) is 0 Å². The molecule has 0 heterocycles. The number of primary amides is 1. The van der Waals surface area contributed by atoms with Crippen molar-refractivity contribution in [1.82, 2.24) is 5.43 Å². The van der Waals surface area contributed by atoms with Gasteiger partial charge in [0.25, 0.3) is 0 Å². The minimum Gasteiger partial charge on any atom is -0.361 e. The first kappa shape index (κ1) is 12.3. The number of hydrazone groups is 1. The molecule has 0 radical (unpaired) electrons. The monoisotopic (exact) mass is 199 g/mol. The zero-order valence-corrected chi connectivity index (χ0v) is 8.16. The van der Waals surface area contributed by atoms with Gasteiger partial charge in [-0.15, -0.1) is 0 Å². The first-order chi connectivity index (χ1) is 6.43. The van der Waals surface area contributed by atoms with Crippen molar-refractivity contribution in [1.29, 1.82) is 0 Å². The highest BCUT2D eigenvalue weighted by Gasteiger charge is 2.06. The molecule has 3 N–H and O–H groups in total. The molecule has 0 rings (SSSR count). The van der Waals surface area contributed by atoms with Crippen molar-refractivity contribution in [3.63, 3.8) is 0 Å². The number of carbonyl (C=O) groups is 3. The predicted octanol–water partition coefficient (Wildman–Crippen LogP) is -0.667. The summed E-state index contributed by atoms with van der Waals surface area (Å²) in [6.07, 6.45) is 0.816. The molecule has 78 valence electrons. The molecule has 6 nitrogen and oxygen atoms in total. The number of hydrogen-bond acceptors (Lipinski definition) is 4. The van der Waals surface area contributed by atoms with Gasteiger partial charge in [0, 0.05) is 12.1 Å². The van der Waals surface area contributed by atoms with Crippen molar-refractivity contribution in [2.24, 2.45) is 10.8 Å². The number of ketones is 1. The Labute approximate surface area is 81.5 Å². The van der Waals surface area contributed by atoms with Crippen LogP contribution in [0.3, 0.4) is 0 Å². The van der Waals surface area contributed by atoms with E-state index in [1.807, 2.05) is 5.43 Å². The Morgan fingerprint density at radius 1 is 1.21 bits per heavy atom. The number of nitrogens with one attached hydrogen (secondary N) is 1. The highest BCUT2D eigenvalue weighted by Crippen LogP contribution is 1.92. The van der Waals surface area contributed by atoms with Gasteiger partial charge in [0.2, 0.25) is 0 Å². The van der Waals surface area contributed by atoms with Gasteiger partial charge >= 0.3 is 11.8 Å². The van der Waals surface area contributed by atoms with Gasteiger partial charge in [-0.1, -0.05) is 0 Å². The van der Waals surface area contributed by atoms with Crippen LogP contribution in [0.15, 0.2) is 5.10 Å². The lowest BCUT2D eigenvalue weighted by atomic mass is 10.2.